The molecule has 3 aromatic rings. The van der Waals surface area contributed by atoms with E-state index in [4.69, 9.17) is 0 Å². The number of thioether (sulfide) groups is 2. The topological polar surface area (TPSA) is 29.1 Å². The van der Waals surface area contributed by atoms with Crippen LogP contribution in [-0.2, 0) is 16.3 Å². The van der Waals surface area contributed by atoms with Crippen LogP contribution in [0.4, 0.5) is 5.69 Å². The normalized spacial score (nSPS) is 11.8. The van der Waals surface area contributed by atoms with Crippen molar-refractivity contribution in [3.63, 3.8) is 0 Å². The Morgan fingerprint density at radius 1 is 0.719 bits per heavy atom. The van der Waals surface area contributed by atoms with E-state index in [-0.39, 0.29) is 5.91 Å². The highest BCUT2D eigenvalue weighted by molar-refractivity contribution is 7.99. The molecule has 0 fully saturated rings. The van der Waals surface area contributed by atoms with Gasteiger partial charge in [-0.1, -0.05) is 85.3 Å². The Morgan fingerprint density at radius 3 is 1.97 bits per heavy atom. The maximum absolute atomic E-state index is 12.2. The number of carbonyl (C=O) groups is 1. The van der Waals surface area contributed by atoms with Gasteiger partial charge in [0.1, 0.15) is 0 Å². The first-order valence-corrected chi connectivity index (χ1v) is 13.6. The Labute approximate surface area is 201 Å². The van der Waals surface area contributed by atoms with Gasteiger partial charge in [-0.3, -0.25) is 4.79 Å². The molecule has 1 unspecified atom stereocenters. The molecule has 0 aliphatic heterocycles. The zero-order valence-electron chi connectivity index (χ0n) is 18.6. The highest BCUT2D eigenvalue weighted by atomic mass is 32.2. The van der Waals surface area contributed by atoms with Crippen LogP contribution in [0.1, 0.15) is 43.2 Å². The van der Waals surface area contributed by atoms with Crippen LogP contribution in [0.5, 0.6) is 0 Å². The van der Waals surface area contributed by atoms with E-state index in [1.165, 1.54) is 29.7 Å². The average Bonchev–Trinajstić information content (AvgIpc) is 2.84. The van der Waals surface area contributed by atoms with Crippen molar-refractivity contribution < 1.29 is 4.79 Å². The quantitative estimate of drug-likeness (QED) is 0.247. The molecule has 1 N–H and O–H groups in total. The third-order valence-corrected chi connectivity index (χ3v) is 7.77. The lowest BCUT2D eigenvalue weighted by molar-refractivity contribution is -0.116. The monoisotopic (exact) mass is 463 g/mol. The van der Waals surface area contributed by atoms with Crippen molar-refractivity contribution in [3.05, 3.63) is 102 Å². The van der Waals surface area contributed by atoms with E-state index in [0.717, 1.165) is 30.0 Å². The number of anilines is 1. The first-order valence-electron chi connectivity index (χ1n) is 11.4. The van der Waals surface area contributed by atoms with Gasteiger partial charge in [0.05, 0.1) is 0 Å². The number of unbranched alkanes of at least 4 members (excludes halogenated alkanes) is 1. The van der Waals surface area contributed by atoms with Crippen LogP contribution in [0.25, 0.3) is 0 Å². The minimum absolute atomic E-state index is 0.114. The van der Waals surface area contributed by atoms with E-state index in [1.807, 2.05) is 42.1 Å². The smallest absolute Gasteiger partial charge is 0.224 e. The molecule has 4 heteroatoms. The third kappa shape index (κ3) is 9.97. The van der Waals surface area contributed by atoms with Gasteiger partial charge in [0.15, 0.2) is 0 Å². The Morgan fingerprint density at radius 2 is 1.31 bits per heavy atom. The van der Waals surface area contributed by atoms with Crippen LogP contribution >= 0.6 is 23.5 Å². The number of para-hydroxylation sites is 1. The van der Waals surface area contributed by atoms with Crippen LogP contribution in [0, 0.1) is 0 Å². The molecule has 0 bridgehead atoms. The van der Waals surface area contributed by atoms with Crippen LogP contribution < -0.4 is 5.32 Å². The number of hydrogen-bond acceptors (Lipinski definition) is 3. The molecule has 0 aliphatic carbocycles. The molecule has 0 aromatic heterocycles. The number of hydrogen-bond donors (Lipinski definition) is 1. The number of benzene rings is 3. The molecule has 3 aromatic carbocycles. The Bertz CT molecular complexity index is 887. The van der Waals surface area contributed by atoms with E-state index in [1.54, 1.807) is 0 Å². The number of carbonyl (C=O) groups excluding carboxylic acids is 1. The van der Waals surface area contributed by atoms with Crippen molar-refractivity contribution in [1.82, 2.24) is 0 Å². The molecule has 3 rings (SSSR count). The summed E-state index contributed by atoms with van der Waals surface area (Å²) in [6.45, 7) is 0. The average molecular weight is 464 g/mol. The fourth-order valence-electron chi connectivity index (χ4n) is 3.48. The van der Waals surface area contributed by atoms with Gasteiger partial charge in [0.2, 0.25) is 5.91 Å². The van der Waals surface area contributed by atoms with Gasteiger partial charge in [-0.25, -0.2) is 0 Å². The molecule has 2 nitrogen and oxygen atoms in total. The molecule has 32 heavy (non-hydrogen) atoms. The molecule has 0 radical (unpaired) electrons. The second-order valence-corrected chi connectivity index (χ2v) is 10.3. The summed E-state index contributed by atoms with van der Waals surface area (Å²) in [7, 11) is 0. The maximum atomic E-state index is 12.2. The summed E-state index contributed by atoms with van der Waals surface area (Å²) >= 11 is 4.09. The van der Waals surface area contributed by atoms with Crippen LogP contribution in [0.15, 0.2) is 91.0 Å². The van der Waals surface area contributed by atoms with Crippen LogP contribution in [-0.4, -0.2) is 16.9 Å². The minimum Gasteiger partial charge on any atom is -0.326 e. The fourth-order valence-corrected chi connectivity index (χ4v) is 5.89. The van der Waals surface area contributed by atoms with Gasteiger partial charge in [-0.2, -0.15) is 23.5 Å². The predicted octanol–water partition coefficient (Wildman–Crippen LogP) is 7.81. The zero-order chi connectivity index (χ0) is 22.3. The fraction of sp³-hybridized carbons (Fsp3) is 0.321. The molecular formula is C28H33NOS2. The van der Waals surface area contributed by atoms with E-state index in [9.17, 15) is 4.79 Å². The lowest BCUT2D eigenvalue weighted by Crippen LogP contribution is -2.11. The van der Waals surface area contributed by atoms with E-state index in [0.29, 0.717) is 11.7 Å². The molecule has 168 valence electrons. The molecular weight excluding hydrogens is 430 g/mol. The summed E-state index contributed by atoms with van der Waals surface area (Å²) < 4.78 is 0. The molecule has 0 saturated heterocycles. The summed E-state index contributed by atoms with van der Waals surface area (Å²) in [6, 6.07) is 31.2. The second-order valence-electron chi connectivity index (χ2n) is 7.91. The van der Waals surface area contributed by atoms with E-state index >= 15 is 0 Å². The van der Waals surface area contributed by atoms with Crippen molar-refractivity contribution in [2.24, 2.45) is 0 Å². The van der Waals surface area contributed by atoms with Gasteiger partial charge in [0, 0.05) is 28.9 Å². The molecule has 1 amide bonds. The van der Waals surface area contributed by atoms with Crippen molar-refractivity contribution in [3.8, 4) is 0 Å². The van der Waals surface area contributed by atoms with Crippen molar-refractivity contribution in [2.45, 2.75) is 48.9 Å². The minimum atomic E-state index is 0.114. The predicted molar refractivity (Wildman–Crippen MR) is 142 cm³/mol. The first kappa shape index (κ1) is 24.5. The highest BCUT2D eigenvalue weighted by Gasteiger charge is 2.11. The van der Waals surface area contributed by atoms with Gasteiger partial charge >= 0.3 is 0 Å². The summed E-state index contributed by atoms with van der Waals surface area (Å²) in [5.74, 6) is 3.43. The lowest BCUT2D eigenvalue weighted by Gasteiger charge is -2.17. The lowest BCUT2D eigenvalue weighted by atomic mass is 10.1. The SMILES string of the molecule is O=C(CCCCC(CCSCc1ccccc1)SCc1ccccc1)Nc1ccccc1. The molecule has 0 aliphatic rings. The number of amides is 1. The Kier molecular flexibility index (Phi) is 11.3. The molecule has 0 heterocycles. The van der Waals surface area contributed by atoms with Gasteiger partial charge < -0.3 is 5.32 Å². The van der Waals surface area contributed by atoms with Gasteiger partial charge in [-0.15, -0.1) is 0 Å². The Hall–Kier alpha value is -2.17. The zero-order valence-corrected chi connectivity index (χ0v) is 20.3. The summed E-state index contributed by atoms with van der Waals surface area (Å²) in [5.41, 5.74) is 3.67. The summed E-state index contributed by atoms with van der Waals surface area (Å²) in [5, 5.41) is 3.62. The molecule has 1 atom stereocenters. The van der Waals surface area contributed by atoms with Crippen molar-refractivity contribution in [1.29, 1.82) is 0 Å². The number of nitrogens with one attached hydrogen (secondary N) is 1. The largest absolute Gasteiger partial charge is 0.326 e. The van der Waals surface area contributed by atoms with Crippen LogP contribution in [0.3, 0.4) is 0 Å². The Balaban J connectivity index is 1.38. The van der Waals surface area contributed by atoms with Crippen molar-refractivity contribution >= 4 is 35.1 Å². The third-order valence-electron chi connectivity index (χ3n) is 5.26. The standard InChI is InChI=1S/C28H33NOS2/c30-28(29-26-16-8-3-9-17-26)19-11-10-18-27(32-23-25-14-6-2-7-15-25)20-21-31-22-24-12-4-1-5-13-24/h1-9,12-17,27H,10-11,18-23H2,(H,29,30). The molecule has 0 saturated carbocycles. The van der Waals surface area contributed by atoms with E-state index < -0.39 is 0 Å². The summed E-state index contributed by atoms with van der Waals surface area (Å²) in [4.78, 5) is 12.2. The summed E-state index contributed by atoms with van der Waals surface area (Å²) in [6.07, 6.45) is 5.01. The molecule has 0 spiro atoms. The van der Waals surface area contributed by atoms with E-state index in [2.05, 4.69) is 77.7 Å². The van der Waals surface area contributed by atoms with Crippen LogP contribution in [0.2, 0.25) is 0 Å². The first-order chi connectivity index (χ1) is 15.8. The number of rotatable bonds is 14. The highest BCUT2D eigenvalue weighted by Crippen LogP contribution is 2.27. The van der Waals surface area contributed by atoms with Gasteiger partial charge in [-0.05, 0) is 48.3 Å². The van der Waals surface area contributed by atoms with Gasteiger partial charge in [0.25, 0.3) is 0 Å². The second kappa shape index (κ2) is 14.8. The van der Waals surface area contributed by atoms with Crippen molar-refractivity contribution in [2.75, 3.05) is 11.1 Å². The maximum Gasteiger partial charge on any atom is 0.224 e.